The summed E-state index contributed by atoms with van der Waals surface area (Å²) < 4.78 is 1.86. The molecule has 2 aromatic heterocycles. The maximum absolute atomic E-state index is 4.67. The van der Waals surface area contributed by atoms with Crippen LogP contribution >= 0.6 is 11.8 Å². The van der Waals surface area contributed by atoms with E-state index in [0.717, 1.165) is 40.7 Å². The number of anilines is 1. The Hall–Kier alpha value is -2.86. The predicted molar refractivity (Wildman–Crippen MR) is 107 cm³/mol. The smallest absolute Gasteiger partial charge is 0.191 e. The first-order chi connectivity index (χ1) is 12.8. The van der Waals surface area contributed by atoms with Crippen molar-refractivity contribution in [1.82, 2.24) is 19.7 Å². The molecule has 0 spiro atoms. The number of thioether (sulfide) groups is 1. The van der Waals surface area contributed by atoms with Crippen molar-refractivity contribution in [2.24, 2.45) is 0 Å². The summed E-state index contributed by atoms with van der Waals surface area (Å²) in [6, 6.07) is 20.5. The summed E-state index contributed by atoms with van der Waals surface area (Å²) in [5.41, 5.74) is 3.11. The van der Waals surface area contributed by atoms with Gasteiger partial charge >= 0.3 is 0 Å². The Morgan fingerprint density at radius 1 is 0.962 bits per heavy atom. The Labute approximate surface area is 156 Å². The normalized spacial score (nSPS) is 11.0. The largest absolute Gasteiger partial charge is 0.369 e. The van der Waals surface area contributed by atoms with Crippen LogP contribution in [0.5, 0.6) is 0 Å². The SMILES string of the molecule is CSc1nc(NCCc2ccccc2)c2cnn(-c3ccccc3)c2n1. The minimum atomic E-state index is 0.734. The first kappa shape index (κ1) is 16.6. The molecular formula is C20H19N5S. The minimum absolute atomic E-state index is 0.734. The maximum atomic E-state index is 4.67. The highest BCUT2D eigenvalue weighted by molar-refractivity contribution is 7.98. The first-order valence-electron chi connectivity index (χ1n) is 8.48. The molecule has 1 N–H and O–H groups in total. The molecule has 0 aliphatic carbocycles. The van der Waals surface area contributed by atoms with E-state index in [1.165, 1.54) is 17.3 Å². The standard InChI is InChI=1S/C20H19N5S/c1-26-20-23-18(21-13-12-15-8-4-2-5-9-15)17-14-22-25(19(17)24-20)16-10-6-3-7-11-16/h2-11,14H,12-13H2,1H3,(H,21,23,24). The van der Waals surface area contributed by atoms with Crippen molar-refractivity contribution in [3.05, 3.63) is 72.4 Å². The molecule has 0 unspecified atom stereocenters. The third kappa shape index (κ3) is 3.41. The van der Waals surface area contributed by atoms with Crippen LogP contribution in [0.15, 0.2) is 72.0 Å². The van der Waals surface area contributed by atoms with Crippen LogP contribution in [0, 0.1) is 0 Å². The summed E-state index contributed by atoms with van der Waals surface area (Å²) in [4.78, 5) is 9.31. The highest BCUT2D eigenvalue weighted by Gasteiger charge is 2.13. The van der Waals surface area contributed by atoms with Crippen LogP contribution in [0.3, 0.4) is 0 Å². The van der Waals surface area contributed by atoms with Gasteiger partial charge in [0.15, 0.2) is 10.8 Å². The zero-order chi connectivity index (χ0) is 17.8. The average molecular weight is 361 g/mol. The van der Waals surface area contributed by atoms with E-state index in [1.54, 1.807) is 0 Å². The van der Waals surface area contributed by atoms with E-state index in [4.69, 9.17) is 0 Å². The lowest BCUT2D eigenvalue weighted by Gasteiger charge is -2.09. The van der Waals surface area contributed by atoms with Gasteiger partial charge in [-0.25, -0.2) is 14.6 Å². The molecule has 0 saturated heterocycles. The Morgan fingerprint density at radius 3 is 2.42 bits per heavy atom. The molecule has 0 radical (unpaired) electrons. The maximum Gasteiger partial charge on any atom is 0.191 e. The molecule has 0 aliphatic rings. The molecule has 0 atom stereocenters. The monoisotopic (exact) mass is 361 g/mol. The van der Waals surface area contributed by atoms with Crippen molar-refractivity contribution in [3.8, 4) is 5.69 Å². The quantitative estimate of drug-likeness (QED) is 0.412. The highest BCUT2D eigenvalue weighted by atomic mass is 32.2. The second kappa shape index (κ2) is 7.58. The molecule has 6 heteroatoms. The Balaban J connectivity index is 1.65. The Kier molecular flexibility index (Phi) is 4.84. The number of hydrogen-bond donors (Lipinski definition) is 1. The first-order valence-corrected chi connectivity index (χ1v) is 9.70. The molecule has 5 nitrogen and oxygen atoms in total. The highest BCUT2D eigenvalue weighted by Crippen LogP contribution is 2.25. The van der Waals surface area contributed by atoms with Gasteiger partial charge in [-0.1, -0.05) is 60.3 Å². The number of nitrogens with zero attached hydrogens (tertiary/aromatic N) is 4. The minimum Gasteiger partial charge on any atom is -0.369 e. The van der Waals surface area contributed by atoms with Crippen LogP contribution in [0.1, 0.15) is 5.56 Å². The molecule has 0 fully saturated rings. The van der Waals surface area contributed by atoms with Crippen LogP contribution in [-0.4, -0.2) is 32.5 Å². The fraction of sp³-hybridized carbons (Fsp3) is 0.150. The summed E-state index contributed by atoms with van der Waals surface area (Å²) in [7, 11) is 0. The summed E-state index contributed by atoms with van der Waals surface area (Å²) in [6.07, 6.45) is 4.75. The predicted octanol–water partition coefficient (Wildman–Crippen LogP) is 4.19. The van der Waals surface area contributed by atoms with Gasteiger partial charge in [-0.3, -0.25) is 0 Å². The molecule has 0 saturated carbocycles. The molecule has 0 bridgehead atoms. The number of hydrogen-bond acceptors (Lipinski definition) is 5. The Morgan fingerprint density at radius 2 is 1.69 bits per heavy atom. The van der Waals surface area contributed by atoms with E-state index >= 15 is 0 Å². The van der Waals surface area contributed by atoms with Gasteiger partial charge < -0.3 is 5.32 Å². The molecule has 26 heavy (non-hydrogen) atoms. The molecule has 0 amide bonds. The number of aromatic nitrogens is 4. The molecule has 2 heterocycles. The second-order valence-corrected chi connectivity index (χ2v) is 6.62. The van der Waals surface area contributed by atoms with Crippen molar-refractivity contribution in [2.75, 3.05) is 18.1 Å². The zero-order valence-corrected chi connectivity index (χ0v) is 15.3. The third-order valence-corrected chi connectivity index (χ3v) is 4.69. The van der Waals surface area contributed by atoms with Gasteiger partial charge in [0, 0.05) is 6.54 Å². The van der Waals surface area contributed by atoms with E-state index in [0.29, 0.717) is 0 Å². The van der Waals surface area contributed by atoms with E-state index in [9.17, 15) is 0 Å². The van der Waals surface area contributed by atoms with Crippen molar-refractivity contribution in [3.63, 3.8) is 0 Å². The molecule has 2 aromatic carbocycles. The summed E-state index contributed by atoms with van der Waals surface area (Å²) in [5, 5.41) is 9.65. The molecular weight excluding hydrogens is 342 g/mol. The summed E-state index contributed by atoms with van der Waals surface area (Å²) in [5.74, 6) is 0.831. The van der Waals surface area contributed by atoms with Crippen molar-refractivity contribution >= 4 is 28.6 Å². The van der Waals surface area contributed by atoms with Crippen LogP contribution in [-0.2, 0) is 6.42 Å². The zero-order valence-electron chi connectivity index (χ0n) is 14.5. The number of fused-ring (bicyclic) bond motifs is 1. The second-order valence-electron chi connectivity index (χ2n) is 5.85. The van der Waals surface area contributed by atoms with Gasteiger partial charge in [0.2, 0.25) is 0 Å². The molecule has 4 aromatic rings. The third-order valence-electron chi connectivity index (χ3n) is 4.14. The van der Waals surface area contributed by atoms with Gasteiger partial charge in [-0.05, 0) is 30.4 Å². The lowest BCUT2D eigenvalue weighted by molar-refractivity contribution is 0.876. The van der Waals surface area contributed by atoms with Gasteiger partial charge in [-0.2, -0.15) is 5.10 Å². The lowest BCUT2D eigenvalue weighted by Crippen LogP contribution is -2.08. The van der Waals surface area contributed by atoms with Gasteiger partial charge in [-0.15, -0.1) is 0 Å². The van der Waals surface area contributed by atoms with Crippen LogP contribution in [0.2, 0.25) is 0 Å². The van der Waals surface area contributed by atoms with E-state index in [1.807, 2.05) is 53.5 Å². The van der Waals surface area contributed by atoms with Crippen molar-refractivity contribution in [2.45, 2.75) is 11.6 Å². The average Bonchev–Trinajstić information content (AvgIpc) is 3.13. The lowest BCUT2D eigenvalue weighted by atomic mass is 10.1. The summed E-state index contributed by atoms with van der Waals surface area (Å²) >= 11 is 1.53. The number of rotatable bonds is 6. The number of benzene rings is 2. The number of para-hydroxylation sites is 1. The van der Waals surface area contributed by atoms with Crippen LogP contribution in [0.4, 0.5) is 5.82 Å². The molecule has 0 aliphatic heterocycles. The topological polar surface area (TPSA) is 55.6 Å². The summed E-state index contributed by atoms with van der Waals surface area (Å²) in [6.45, 7) is 0.806. The van der Waals surface area contributed by atoms with Gasteiger partial charge in [0.25, 0.3) is 0 Å². The van der Waals surface area contributed by atoms with Gasteiger partial charge in [0.05, 0.1) is 17.3 Å². The van der Waals surface area contributed by atoms with Crippen LogP contribution in [0.25, 0.3) is 16.7 Å². The van der Waals surface area contributed by atoms with E-state index in [2.05, 4.69) is 44.6 Å². The fourth-order valence-corrected chi connectivity index (χ4v) is 3.20. The molecule has 4 rings (SSSR count). The van der Waals surface area contributed by atoms with Crippen LogP contribution < -0.4 is 5.32 Å². The Bertz CT molecular complexity index is 999. The van der Waals surface area contributed by atoms with E-state index < -0.39 is 0 Å². The van der Waals surface area contributed by atoms with Gasteiger partial charge in [0.1, 0.15) is 5.82 Å². The van der Waals surface area contributed by atoms with E-state index in [-0.39, 0.29) is 0 Å². The molecule has 130 valence electrons. The van der Waals surface area contributed by atoms with Crippen molar-refractivity contribution < 1.29 is 0 Å². The number of nitrogens with one attached hydrogen (secondary N) is 1. The fourth-order valence-electron chi connectivity index (χ4n) is 2.84. The van der Waals surface area contributed by atoms with Crippen molar-refractivity contribution in [1.29, 1.82) is 0 Å².